The van der Waals surface area contributed by atoms with Crippen LogP contribution in [0.2, 0.25) is 0 Å². The molecule has 54 valence electrons. The van der Waals surface area contributed by atoms with Crippen LogP contribution in [0.15, 0.2) is 18.6 Å². The second kappa shape index (κ2) is 3.12. The van der Waals surface area contributed by atoms with Crippen molar-refractivity contribution in [2.24, 2.45) is 0 Å². The van der Waals surface area contributed by atoms with E-state index in [1.807, 2.05) is 0 Å². The van der Waals surface area contributed by atoms with Gasteiger partial charge in [-0.05, 0) is 6.92 Å². The van der Waals surface area contributed by atoms with Gasteiger partial charge in [0.2, 0.25) is 5.88 Å². The Morgan fingerprint density at radius 3 is 2.90 bits per heavy atom. The van der Waals surface area contributed by atoms with Crippen molar-refractivity contribution in [2.75, 3.05) is 0 Å². The number of aliphatic hydroxyl groups excluding tert-OH is 1. The van der Waals surface area contributed by atoms with Crippen LogP contribution in [0.3, 0.4) is 0 Å². The molecule has 1 unspecified atom stereocenters. The van der Waals surface area contributed by atoms with E-state index in [0.717, 1.165) is 0 Å². The maximum Gasteiger partial charge on any atom is 0.234 e. The number of hydrogen-bond acceptors (Lipinski definition) is 4. The molecule has 0 aliphatic rings. The first-order valence-electron chi connectivity index (χ1n) is 2.90. The molecule has 1 rings (SSSR count). The van der Waals surface area contributed by atoms with Crippen LogP contribution < -0.4 is 4.74 Å². The van der Waals surface area contributed by atoms with Crippen LogP contribution >= 0.6 is 0 Å². The summed E-state index contributed by atoms with van der Waals surface area (Å²) >= 11 is 0. The van der Waals surface area contributed by atoms with E-state index in [0.29, 0.717) is 5.88 Å². The summed E-state index contributed by atoms with van der Waals surface area (Å²) in [5, 5.41) is 8.72. The molecule has 10 heavy (non-hydrogen) atoms. The molecule has 1 atom stereocenters. The molecule has 1 aromatic heterocycles. The lowest BCUT2D eigenvalue weighted by atomic mass is 10.7. The molecule has 0 aromatic carbocycles. The van der Waals surface area contributed by atoms with Crippen molar-refractivity contribution in [3.63, 3.8) is 0 Å². The van der Waals surface area contributed by atoms with Crippen LogP contribution in [-0.4, -0.2) is 21.4 Å². The number of hydrogen-bond donors (Lipinski definition) is 1. The summed E-state index contributed by atoms with van der Waals surface area (Å²) in [4.78, 5) is 7.51. The third kappa shape index (κ3) is 1.99. The van der Waals surface area contributed by atoms with Gasteiger partial charge in [-0.2, -0.15) is 0 Å². The van der Waals surface area contributed by atoms with E-state index >= 15 is 0 Å². The normalized spacial score (nSPS) is 12.6. The molecule has 1 aromatic rings. The minimum Gasteiger partial charge on any atom is -0.447 e. The van der Waals surface area contributed by atoms with Crippen LogP contribution in [0.1, 0.15) is 6.92 Å². The van der Waals surface area contributed by atoms with Crippen LogP contribution in [0.4, 0.5) is 0 Å². The number of aromatic nitrogens is 2. The molecule has 0 aliphatic heterocycles. The third-order valence-electron chi connectivity index (χ3n) is 0.831. The largest absolute Gasteiger partial charge is 0.447 e. The Bertz CT molecular complexity index is 188. The molecule has 0 bridgehead atoms. The van der Waals surface area contributed by atoms with Crippen molar-refractivity contribution < 1.29 is 9.84 Å². The van der Waals surface area contributed by atoms with E-state index in [4.69, 9.17) is 9.84 Å². The highest BCUT2D eigenvalue weighted by molar-refractivity contribution is 5.00. The van der Waals surface area contributed by atoms with E-state index < -0.39 is 6.29 Å². The minimum atomic E-state index is -0.836. The fourth-order valence-electron chi connectivity index (χ4n) is 0.521. The molecule has 0 radical (unpaired) electrons. The number of nitrogens with zero attached hydrogens (tertiary/aromatic N) is 2. The maximum absolute atomic E-state index is 8.72. The van der Waals surface area contributed by atoms with Crippen LogP contribution in [0.5, 0.6) is 5.88 Å². The number of aliphatic hydroxyl groups is 1. The zero-order valence-electron chi connectivity index (χ0n) is 5.56. The van der Waals surface area contributed by atoms with Gasteiger partial charge in [-0.15, -0.1) is 0 Å². The summed E-state index contributed by atoms with van der Waals surface area (Å²) in [6.07, 6.45) is 3.64. The van der Waals surface area contributed by atoms with E-state index in [1.165, 1.54) is 25.5 Å². The lowest BCUT2D eigenvalue weighted by molar-refractivity contribution is -0.00399. The second-order valence-corrected chi connectivity index (χ2v) is 1.76. The summed E-state index contributed by atoms with van der Waals surface area (Å²) in [6, 6.07) is 0. The molecular formula is C6H8N2O2. The average Bonchev–Trinajstić information content (AvgIpc) is 1.88. The average molecular weight is 140 g/mol. The molecule has 0 saturated carbocycles. The molecule has 4 nitrogen and oxygen atoms in total. The van der Waals surface area contributed by atoms with E-state index in [2.05, 4.69) is 9.97 Å². The quantitative estimate of drug-likeness (QED) is 0.596. The Morgan fingerprint density at radius 1 is 1.60 bits per heavy atom. The third-order valence-corrected chi connectivity index (χ3v) is 0.831. The molecule has 0 fully saturated rings. The summed E-state index contributed by atoms with van der Waals surface area (Å²) in [6.45, 7) is 1.51. The van der Waals surface area contributed by atoms with Crippen molar-refractivity contribution >= 4 is 0 Å². The maximum atomic E-state index is 8.72. The van der Waals surface area contributed by atoms with Gasteiger partial charge in [0, 0.05) is 12.4 Å². The lowest BCUT2D eigenvalue weighted by Crippen LogP contribution is -2.10. The highest BCUT2D eigenvalue weighted by Crippen LogP contribution is 2.01. The fourth-order valence-corrected chi connectivity index (χ4v) is 0.521. The number of rotatable bonds is 2. The smallest absolute Gasteiger partial charge is 0.234 e. The van der Waals surface area contributed by atoms with Gasteiger partial charge in [-0.3, -0.25) is 4.98 Å². The van der Waals surface area contributed by atoms with E-state index in [9.17, 15) is 0 Å². The van der Waals surface area contributed by atoms with Crippen molar-refractivity contribution in [1.29, 1.82) is 0 Å². The van der Waals surface area contributed by atoms with Gasteiger partial charge < -0.3 is 9.84 Å². The summed E-state index contributed by atoms with van der Waals surface area (Å²) in [7, 11) is 0. The highest BCUT2D eigenvalue weighted by atomic mass is 16.6. The Hall–Kier alpha value is -1.16. The van der Waals surface area contributed by atoms with Crippen LogP contribution in [0, 0.1) is 0 Å². The first-order valence-corrected chi connectivity index (χ1v) is 2.90. The van der Waals surface area contributed by atoms with Gasteiger partial charge in [0.05, 0.1) is 6.20 Å². The monoisotopic (exact) mass is 140 g/mol. The van der Waals surface area contributed by atoms with Crippen molar-refractivity contribution in [1.82, 2.24) is 9.97 Å². The molecule has 0 saturated heterocycles. The van der Waals surface area contributed by atoms with Gasteiger partial charge in [0.15, 0.2) is 6.29 Å². The highest BCUT2D eigenvalue weighted by Gasteiger charge is 1.96. The predicted molar refractivity (Wildman–Crippen MR) is 34.3 cm³/mol. The fraction of sp³-hybridized carbons (Fsp3) is 0.333. The zero-order valence-corrected chi connectivity index (χ0v) is 5.56. The van der Waals surface area contributed by atoms with Gasteiger partial charge in [-0.1, -0.05) is 0 Å². The Kier molecular flexibility index (Phi) is 2.17. The second-order valence-electron chi connectivity index (χ2n) is 1.76. The topological polar surface area (TPSA) is 55.2 Å². The van der Waals surface area contributed by atoms with Crippen molar-refractivity contribution in [2.45, 2.75) is 13.2 Å². The van der Waals surface area contributed by atoms with Gasteiger partial charge in [0.1, 0.15) is 0 Å². The molecule has 0 amide bonds. The lowest BCUT2D eigenvalue weighted by Gasteiger charge is -2.04. The van der Waals surface area contributed by atoms with E-state index in [1.54, 1.807) is 0 Å². The Morgan fingerprint density at radius 2 is 2.40 bits per heavy atom. The molecule has 0 aliphatic carbocycles. The summed E-state index contributed by atoms with van der Waals surface area (Å²) in [5.41, 5.74) is 0. The SMILES string of the molecule is CC(O)Oc1cnccn1. The molecule has 1 heterocycles. The molecule has 1 N–H and O–H groups in total. The van der Waals surface area contributed by atoms with Crippen molar-refractivity contribution in [3.05, 3.63) is 18.6 Å². The predicted octanol–water partition coefficient (Wildman–Crippen LogP) is 0.194. The van der Waals surface area contributed by atoms with E-state index in [-0.39, 0.29) is 0 Å². The first-order chi connectivity index (χ1) is 4.79. The first kappa shape index (κ1) is 6.95. The van der Waals surface area contributed by atoms with Crippen LogP contribution in [-0.2, 0) is 0 Å². The zero-order chi connectivity index (χ0) is 7.40. The summed E-state index contributed by atoms with van der Waals surface area (Å²) in [5.74, 6) is 0.331. The van der Waals surface area contributed by atoms with Crippen LogP contribution in [0.25, 0.3) is 0 Å². The molecule has 0 spiro atoms. The summed E-state index contributed by atoms with van der Waals surface area (Å²) < 4.78 is 4.80. The molecular weight excluding hydrogens is 132 g/mol. The Labute approximate surface area is 58.5 Å². The standard InChI is InChI=1S/C6H8N2O2/c1-5(9)10-6-4-7-2-3-8-6/h2-5,9H,1H3. The number of ether oxygens (including phenoxy) is 1. The Balaban J connectivity index is 2.59. The van der Waals surface area contributed by atoms with Gasteiger partial charge in [0.25, 0.3) is 0 Å². The minimum absolute atomic E-state index is 0.331. The van der Waals surface area contributed by atoms with Gasteiger partial charge >= 0.3 is 0 Å². The molecule has 4 heteroatoms. The van der Waals surface area contributed by atoms with Gasteiger partial charge in [-0.25, -0.2) is 4.98 Å². The van der Waals surface area contributed by atoms with Crippen molar-refractivity contribution in [3.8, 4) is 5.88 Å².